The highest BCUT2D eigenvalue weighted by molar-refractivity contribution is 5.96. The topological polar surface area (TPSA) is 72.4 Å². The van der Waals surface area contributed by atoms with Crippen LogP contribution in [0, 0.1) is 0 Å². The largest absolute Gasteiger partial charge is 1.00 e. The Balaban J connectivity index is 0.00000312. The molecule has 0 spiro atoms. The summed E-state index contributed by atoms with van der Waals surface area (Å²) in [6, 6.07) is 14.5. The molecule has 136 valence electrons. The number of carbonyl (C=O) groups excluding carboxylic acids is 1. The van der Waals surface area contributed by atoms with Crippen molar-refractivity contribution < 1.29 is 37.1 Å². The van der Waals surface area contributed by atoms with E-state index in [1.165, 1.54) is 0 Å². The van der Waals surface area contributed by atoms with Crippen LogP contribution in [-0.4, -0.2) is 38.2 Å². The second kappa shape index (κ2) is 10.7. The van der Waals surface area contributed by atoms with E-state index in [1.807, 2.05) is 41.7 Å². The number of ether oxygens (including phenoxy) is 2. The van der Waals surface area contributed by atoms with Crippen LogP contribution < -0.4 is 27.2 Å². The fourth-order valence-electron chi connectivity index (χ4n) is 2.43. The molecule has 1 atom stereocenters. The second-order valence-electron chi connectivity index (χ2n) is 5.51. The van der Waals surface area contributed by atoms with Gasteiger partial charge in [0.25, 0.3) is 0 Å². The van der Waals surface area contributed by atoms with E-state index in [9.17, 15) is 9.90 Å². The molecular weight excluding hydrogens is 342 g/mol. The number of methoxy groups -OCH3 is 2. The first-order valence-corrected chi connectivity index (χ1v) is 7.95. The van der Waals surface area contributed by atoms with Gasteiger partial charge in [-0.3, -0.25) is 4.79 Å². The average molecular weight is 366 g/mol. The zero-order chi connectivity index (χ0) is 17.4. The summed E-state index contributed by atoms with van der Waals surface area (Å²) in [5.41, 5.74) is 1.46. The van der Waals surface area contributed by atoms with Crippen LogP contribution in [0.3, 0.4) is 0 Å². The zero-order valence-corrected chi connectivity index (χ0v) is 15.2. The van der Waals surface area contributed by atoms with Crippen molar-refractivity contribution in [3.8, 4) is 11.5 Å². The first-order chi connectivity index (χ1) is 11.6. The lowest BCUT2D eigenvalue weighted by Crippen LogP contribution is -3.00. The van der Waals surface area contributed by atoms with Gasteiger partial charge in [0.15, 0.2) is 5.78 Å². The Hall–Kier alpha value is -2.08. The number of quaternary nitrogens is 1. The smallest absolute Gasteiger partial charge is 0.168 e. The SMILES string of the molecule is COc1cccc(C(=O)CC[NH2+]CC(O)c2cccc(OC)c2)c1.[Cl-]. The highest BCUT2D eigenvalue weighted by atomic mass is 35.5. The summed E-state index contributed by atoms with van der Waals surface area (Å²) in [7, 11) is 3.18. The number of ketones is 1. The van der Waals surface area contributed by atoms with E-state index in [0.717, 1.165) is 11.3 Å². The summed E-state index contributed by atoms with van der Waals surface area (Å²) in [6.07, 6.45) is -0.176. The van der Waals surface area contributed by atoms with E-state index in [0.29, 0.717) is 30.8 Å². The number of aliphatic hydroxyl groups excluding tert-OH is 1. The van der Waals surface area contributed by atoms with Crippen LogP contribution in [-0.2, 0) is 0 Å². The van der Waals surface area contributed by atoms with Gasteiger partial charge < -0.3 is 32.3 Å². The Bertz CT molecular complexity index is 678. The molecule has 1 unspecified atom stereocenters. The van der Waals surface area contributed by atoms with Gasteiger partial charge in [0.1, 0.15) is 24.1 Å². The molecule has 0 bridgehead atoms. The molecule has 5 nitrogen and oxygen atoms in total. The van der Waals surface area contributed by atoms with Gasteiger partial charge in [-0.15, -0.1) is 0 Å². The van der Waals surface area contributed by atoms with Crippen molar-refractivity contribution in [1.29, 1.82) is 0 Å². The molecule has 0 saturated carbocycles. The fraction of sp³-hybridized carbons (Fsp3) is 0.316. The second-order valence-corrected chi connectivity index (χ2v) is 5.51. The number of Topliss-reactive ketones (excluding diaryl/α,β-unsaturated/α-hetero) is 1. The van der Waals surface area contributed by atoms with Crippen molar-refractivity contribution in [1.82, 2.24) is 0 Å². The lowest BCUT2D eigenvalue weighted by molar-refractivity contribution is -0.660. The van der Waals surface area contributed by atoms with Crippen LogP contribution in [0.1, 0.15) is 28.4 Å². The molecule has 0 aliphatic carbocycles. The summed E-state index contributed by atoms with van der Waals surface area (Å²) in [5.74, 6) is 1.47. The molecule has 0 fully saturated rings. The number of hydrogen-bond acceptors (Lipinski definition) is 4. The Morgan fingerprint density at radius 2 is 1.72 bits per heavy atom. The third kappa shape index (κ3) is 6.38. The van der Waals surface area contributed by atoms with Gasteiger partial charge >= 0.3 is 0 Å². The van der Waals surface area contributed by atoms with Gasteiger partial charge in [0, 0.05) is 5.56 Å². The standard InChI is InChI=1S/C19H23NO4.ClH/c1-23-16-7-3-5-14(11-16)18(21)9-10-20-13-19(22)15-6-4-8-17(12-15)24-2;/h3-8,11-12,19-20,22H,9-10,13H2,1-2H3;1H. The molecule has 0 aliphatic rings. The summed E-state index contributed by atoms with van der Waals surface area (Å²) < 4.78 is 10.3. The number of rotatable bonds is 9. The van der Waals surface area contributed by atoms with Crippen molar-refractivity contribution >= 4 is 5.78 Å². The van der Waals surface area contributed by atoms with E-state index >= 15 is 0 Å². The number of carbonyl (C=O) groups is 1. The maximum atomic E-state index is 12.2. The molecule has 0 amide bonds. The summed E-state index contributed by atoms with van der Waals surface area (Å²) in [5, 5.41) is 12.1. The molecule has 0 saturated heterocycles. The summed E-state index contributed by atoms with van der Waals surface area (Å²) in [6.45, 7) is 1.12. The van der Waals surface area contributed by atoms with Crippen molar-refractivity contribution in [2.24, 2.45) is 0 Å². The van der Waals surface area contributed by atoms with Crippen LogP contribution >= 0.6 is 0 Å². The molecule has 0 aliphatic heterocycles. The maximum Gasteiger partial charge on any atom is 0.168 e. The van der Waals surface area contributed by atoms with E-state index in [-0.39, 0.29) is 18.2 Å². The monoisotopic (exact) mass is 365 g/mol. The van der Waals surface area contributed by atoms with Gasteiger partial charge in [-0.1, -0.05) is 24.3 Å². The van der Waals surface area contributed by atoms with E-state index < -0.39 is 6.10 Å². The molecule has 2 rings (SSSR count). The Morgan fingerprint density at radius 3 is 2.40 bits per heavy atom. The van der Waals surface area contributed by atoms with Crippen LogP contribution in [0.15, 0.2) is 48.5 Å². The summed E-state index contributed by atoms with van der Waals surface area (Å²) in [4.78, 5) is 12.2. The number of aliphatic hydroxyl groups is 1. The molecule has 25 heavy (non-hydrogen) atoms. The fourth-order valence-corrected chi connectivity index (χ4v) is 2.43. The maximum absolute atomic E-state index is 12.2. The minimum Gasteiger partial charge on any atom is -1.00 e. The lowest BCUT2D eigenvalue weighted by Gasteiger charge is -2.11. The van der Waals surface area contributed by atoms with Crippen LogP contribution in [0.5, 0.6) is 11.5 Å². The Morgan fingerprint density at radius 1 is 1.08 bits per heavy atom. The van der Waals surface area contributed by atoms with E-state index in [4.69, 9.17) is 9.47 Å². The first-order valence-electron chi connectivity index (χ1n) is 7.95. The molecule has 2 aromatic rings. The van der Waals surface area contributed by atoms with Crippen LogP contribution in [0.25, 0.3) is 0 Å². The quantitative estimate of drug-likeness (QED) is 0.422. The highest BCUT2D eigenvalue weighted by Gasteiger charge is 2.12. The van der Waals surface area contributed by atoms with Gasteiger partial charge in [-0.25, -0.2) is 0 Å². The first kappa shape index (κ1) is 21.0. The number of benzene rings is 2. The molecule has 3 N–H and O–H groups in total. The highest BCUT2D eigenvalue weighted by Crippen LogP contribution is 2.18. The predicted octanol–water partition coefficient (Wildman–Crippen LogP) is -1.42. The van der Waals surface area contributed by atoms with Gasteiger partial charge in [0.2, 0.25) is 0 Å². The van der Waals surface area contributed by atoms with Crippen molar-refractivity contribution in [3.63, 3.8) is 0 Å². The number of nitrogens with two attached hydrogens (primary N) is 1. The Kier molecular flexibility index (Phi) is 8.99. The minimum atomic E-state index is -0.591. The van der Waals surface area contributed by atoms with Gasteiger partial charge in [0.05, 0.1) is 27.2 Å². The van der Waals surface area contributed by atoms with E-state index in [1.54, 1.807) is 26.4 Å². The average Bonchev–Trinajstić information content (AvgIpc) is 2.64. The third-order valence-corrected chi connectivity index (χ3v) is 3.84. The van der Waals surface area contributed by atoms with Crippen molar-refractivity contribution in [2.75, 3.05) is 27.3 Å². The zero-order valence-electron chi connectivity index (χ0n) is 14.4. The number of halogens is 1. The predicted molar refractivity (Wildman–Crippen MR) is 91.6 cm³/mol. The minimum absolute atomic E-state index is 0. The van der Waals surface area contributed by atoms with E-state index in [2.05, 4.69) is 0 Å². The normalized spacial score (nSPS) is 11.3. The molecule has 0 heterocycles. The Labute approximate surface area is 154 Å². The molecule has 6 heteroatoms. The third-order valence-electron chi connectivity index (χ3n) is 3.84. The number of hydrogen-bond donors (Lipinski definition) is 2. The summed E-state index contributed by atoms with van der Waals surface area (Å²) >= 11 is 0. The molecular formula is C19H24ClNO4. The molecule has 0 radical (unpaired) electrons. The molecule has 2 aromatic carbocycles. The van der Waals surface area contributed by atoms with Gasteiger partial charge in [-0.05, 0) is 29.8 Å². The lowest BCUT2D eigenvalue weighted by atomic mass is 10.1. The van der Waals surface area contributed by atoms with Crippen LogP contribution in [0.4, 0.5) is 0 Å². The molecule has 0 aromatic heterocycles. The van der Waals surface area contributed by atoms with Crippen molar-refractivity contribution in [2.45, 2.75) is 12.5 Å². The van der Waals surface area contributed by atoms with Crippen LogP contribution in [0.2, 0.25) is 0 Å². The van der Waals surface area contributed by atoms with Crippen molar-refractivity contribution in [3.05, 3.63) is 59.7 Å². The van der Waals surface area contributed by atoms with Gasteiger partial charge in [-0.2, -0.15) is 0 Å².